The van der Waals surface area contributed by atoms with Crippen LogP contribution in [0.15, 0.2) is 24.3 Å². The molecule has 0 spiro atoms. The van der Waals surface area contributed by atoms with Gasteiger partial charge >= 0.3 is 5.97 Å². The molecule has 3 rings (SSSR count). The van der Waals surface area contributed by atoms with Gasteiger partial charge in [-0.1, -0.05) is 12.8 Å². The topological polar surface area (TPSA) is 55.4 Å². The van der Waals surface area contributed by atoms with Crippen molar-refractivity contribution in [1.29, 1.82) is 0 Å². The average molecular weight is 335 g/mol. The molecule has 122 valence electrons. The summed E-state index contributed by atoms with van der Waals surface area (Å²) in [4.78, 5) is 24.6. The molecule has 1 N–H and O–H groups in total. The molecule has 0 unspecified atom stereocenters. The minimum atomic E-state index is -0.843. The third-order valence-electron chi connectivity index (χ3n) is 4.03. The summed E-state index contributed by atoms with van der Waals surface area (Å²) in [6, 6.07) is 6.13. The van der Waals surface area contributed by atoms with Crippen LogP contribution < -0.4 is 5.32 Å². The normalized spacial score (nSPS) is 16.4. The van der Waals surface area contributed by atoms with Crippen molar-refractivity contribution in [2.24, 2.45) is 0 Å². The second-order valence-corrected chi connectivity index (χ2v) is 6.91. The first-order valence-electron chi connectivity index (χ1n) is 7.73. The van der Waals surface area contributed by atoms with Gasteiger partial charge in [0, 0.05) is 10.7 Å². The first-order chi connectivity index (χ1) is 11.0. The van der Waals surface area contributed by atoms with Crippen molar-refractivity contribution in [1.82, 2.24) is 5.32 Å². The van der Waals surface area contributed by atoms with Gasteiger partial charge in [0.1, 0.15) is 10.7 Å². The molecule has 1 aliphatic rings. The Hall–Kier alpha value is -1.95. The molecular weight excluding hydrogens is 317 g/mol. The maximum absolute atomic E-state index is 13.2. The predicted octanol–water partition coefficient (Wildman–Crippen LogP) is 3.64. The van der Waals surface area contributed by atoms with Crippen LogP contribution in [0.1, 0.15) is 42.3 Å². The minimum Gasteiger partial charge on any atom is -0.448 e. The number of ether oxygens (including phenoxy) is 1. The molecule has 0 saturated heterocycles. The highest BCUT2D eigenvalue weighted by Crippen LogP contribution is 2.27. The van der Waals surface area contributed by atoms with Crippen molar-refractivity contribution in [3.8, 4) is 0 Å². The third-order valence-corrected chi connectivity index (χ3v) is 5.13. The summed E-state index contributed by atoms with van der Waals surface area (Å²) in [7, 11) is 0. The van der Waals surface area contributed by atoms with Gasteiger partial charge in [-0.05, 0) is 49.4 Å². The lowest BCUT2D eigenvalue weighted by molar-refractivity contribution is -0.129. The summed E-state index contributed by atoms with van der Waals surface area (Å²) < 4.78 is 19.2. The standard InChI is InChI=1S/C17H18FNO3S/c1-10(16(20)19-13-4-2-3-5-13)22-17(21)15-9-11-8-12(18)6-7-14(11)23-15/h6-10,13H,2-5H2,1H3,(H,19,20)/t10-/m0/s1. The van der Waals surface area contributed by atoms with Crippen LogP contribution in [0.5, 0.6) is 0 Å². The van der Waals surface area contributed by atoms with Crippen LogP contribution in [0.2, 0.25) is 0 Å². The first-order valence-corrected chi connectivity index (χ1v) is 8.55. The van der Waals surface area contributed by atoms with E-state index in [4.69, 9.17) is 4.74 Å². The van der Waals surface area contributed by atoms with Crippen molar-refractivity contribution in [3.63, 3.8) is 0 Å². The van der Waals surface area contributed by atoms with Crippen LogP contribution >= 0.6 is 11.3 Å². The zero-order valence-corrected chi connectivity index (χ0v) is 13.6. The van der Waals surface area contributed by atoms with Gasteiger partial charge in [-0.25, -0.2) is 9.18 Å². The van der Waals surface area contributed by atoms with Gasteiger partial charge < -0.3 is 10.1 Å². The molecule has 1 fully saturated rings. The Balaban J connectivity index is 1.63. The number of nitrogens with one attached hydrogen (secondary N) is 1. The van der Waals surface area contributed by atoms with E-state index in [1.165, 1.54) is 23.5 Å². The lowest BCUT2D eigenvalue weighted by Crippen LogP contribution is -2.40. The van der Waals surface area contributed by atoms with Crippen molar-refractivity contribution in [3.05, 3.63) is 35.0 Å². The molecule has 23 heavy (non-hydrogen) atoms. The summed E-state index contributed by atoms with van der Waals surface area (Å²) in [6.07, 6.45) is 3.36. The molecule has 1 saturated carbocycles. The Morgan fingerprint density at radius 2 is 2.04 bits per heavy atom. The number of hydrogen-bond donors (Lipinski definition) is 1. The average Bonchev–Trinajstić information content (AvgIpc) is 3.15. The zero-order valence-electron chi connectivity index (χ0n) is 12.8. The Morgan fingerprint density at radius 3 is 2.78 bits per heavy atom. The SMILES string of the molecule is C[C@H](OC(=O)c1cc2cc(F)ccc2s1)C(=O)NC1CCCC1. The molecule has 0 radical (unpaired) electrons. The number of halogens is 1. The smallest absolute Gasteiger partial charge is 0.349 e. The van der Waals surface area contributed by atoms with Gasteiger partial charge in [0.15, 0.2) is 6.10 Å². The lowest BCUT2D eigenvalue weighted by Gasteiger charge is -2.16. The van der Waals surface area contributed by atoms with E-state index in [1.807, 2.05) is 0 Å². The Kier molecular flexibility index (Phi) is 4.61. The molecule has 0 aliphatic heterocycles. The van der Waals surface area contributed by atoms with E-state index in [0.29, 0.717) is 10.3 Å². The second-order valence-electron chi connectivity index (χ2n) is 5.83. The third kappa shape index (κ3) is 3.69. The number of rotatable bonds is 4. The zero-order chi connectivity index (χ0) is 16.4. The van der Waals surface area contributed by atoms with E-state index in [1.54, 1.807) is 19.1 Å². The van der Waals surface area contributed by atoms with E-state index in [2.05, 4.69) is 5.32 Å². The van der Waals surface area contributed by atoms with Crippen molar-refractivity contribution >= 4 is 33.3 Å². The van der Waals surface area contributed by atoms with Crippen LogP contribution in [0.3, 0.4) is 0 Å². The van der Waals surface area contributed by atoms with E-state index >= 15 is 0 Å². The fraction of sp³-hybridized carbons (Fsp3) is 0.412. The Bertz CT molecular complexity index is 737. The minimum absolute atomic E-state index is 0.191. The molecule has 1 atom stereocenters. The van der Waals surface area contributed by atoms with E-state index in [-0.39, 0.29) is 17.8 Å². The van der Waals surface area contributed by atoms with Crippen LogP contribution in [0, 0.1) is 5.82 Å². The number of hydrogen-bond acceptors (Lipinski definition) is 4. The molecule has 6 heteroatoms. The number of fused-ring (bicyclic) bond motifs is 1. The van der Waals surface area contributed by atoms with Crippen molar-refractivity contribution in [2.45, 2.75) is 44.8 Å². The number of carbonyl (C=O) groups excluding carboxylic acids is 2. The molecule has 1 amide bonds. The van der Waals surface area contributed by atoms with Gasteiger partial charge in [-0.2, -0.15) is 0 Å². The van der Waals surface area contributed by atoms with Crippen molar-refractivity contribution in [2.75, 3.05) is 0 Å². The molecule has 0 bridgehead atoms. The number of amides is 1. The number of carbonyl (C=O) groups is 2. The fourth-order valence-electron chi connectivity index (χ4n) is 2.78. The molecule has 1 aromatic heterocycles. The predicted molar refractivity (Wildman–Crippen MR) is 87.1 cm³/mol. The van der Waals surface area contributed by atoms with E-state index < -0.39 is 12.1 Å². The molecule has 4 nitrogen and oxygen atoms in total. The largest absolute Gasteiger partial charge is 0.448 e. The monoisotopic (exact) mass is 335 g/mol. The molecule has 1 aromatic carbocycles. The molecule has 1 aliphatic carbocycles. The summed E-state index contributed by atoms with van der Waals surface area (Å²) in [5, 5.41) is 3.56. The lowest BCUT2D eigenvalue weighted by atomic mass is 10.2. The van der Waals surface area contributed by atoms with Crippen LogP contribution in [0.4, 0.5) is 4.39 Å². The Labute approximate surface area is 137 Å². The van der Waals surface area contributed by atoms with E-state index in [9.17, 15) is 14.0 Å². The Morgan fingerprint density at radius 1 is 1.30 bits per heavy atom. The molecule has 1 heterocycles. The number of esters is 1. The van der Waals surface area contributed by atoms with Gasteiger partial charge in [0.2, 0.25) is 0 Å². The molecular formula is C17H18FNO3S. The fourth-order valence-corrected chi connectivity index (χ4v) is 3.70. The maximum Gasteiger partial charge on any atom is 0.349 e. The van der Waals surface area contributed by atoms with Crippen LogP contribution in [-0.4, -0.2) is 24.0 Å². The maximum atomic E-state index is 13.2. The summed E-state index contributed by atoms with van der Waals surface area (Å²) in [6.45, 7) is 1.56. The second kappa shape index (κ2) is 6.66. The number of benzene rings is 1. The van der Waals surface area contributed by atoms with Crippen LogP contribution in [-0.2, 0) is 9.53 Å². The van der Waals surface area contributed by atoms with Crippen LogP contribution in [0.25, 0.3) is 10.1 Å². The van der Waals surface area contributed by atoms with Gasteiger partial charge in [0.25, 0.3) is 5.91 Å². The first kappa shape index (κ1) is 15.9. The summed E-state index contributed by atoms with van der Waals surface area (Å²) in [5.41, 5.74) is 0. The molecule has 2 aromatic rings. The summed E-state index contributed by atoms with van der Waals surface area (Å²) in [5.74, 6) is -1.17. The van der Waals surface area contributed by atoms with Gasteiger partial charge in [0.05, 0.1) is 0 Å². The summed E-state index contributed by atoms with van der Waals surface area (Å²) >= 11 is 1.23. The highest BCUT2D eigenvalue weighted by molar-refractivity contribution is 7.20. The number of thiophene rings is 1. The van der Waals surface area contributed by atoms with E-state index in [0.717, 1.165) is 30.4 Å². The van der Waals surface area contributed by atoms with Gasteiger partial charge in [-0.15, -0.1) is 11.3 Å². The highest BCUT2D eigenvalue weighted by atomic mass is 32.1. The quantitative estimate of drug-likeness (QED) is 0.868. The van der Waals surface area contributed by atoms with Gasteiger partial charge in [-0.3, -0.25) is 4.79 Å². The highest BCUT2D eigenvalue weighted by Gasteiger charge is 2.24. The van der Waals surface area contributed by atoms with Crippen molar-refractivity contribution < 1.29 is 18.7 Å².